The van der Waals surface area contributed by atoms with Crippen LogP contribution in [0.2, 0.25) is 0 Å². The number of nitrogen functional groups attached to an aromatic ring is 1. The Morgan fingerprint density at radius 2 is 1.77 bits per heavy atom. The fraction of sp³-hybridized carbons (Fsp3) is 0.433. The van der Waals surface area contributed by atoms with Crippen LogP contribution in [-0.2, 0) is 16.2 Å². The number of amidine groups is 1. The first-order valence-corrected chi connectivity index (χ1v) is 13.7. The Balaban J connectivity index is 1.46. The maximum Gasteiger partial charge on any atom is 0.273 e. The lowest BCUT2D eigenvalue weighted by Gasteiger charge is -2.33. The van der Waals surface area contributed by atoms with Gasteiger partial charge >= 0.3 is 0 Å². The first-order chi connectivity index (χ1) is 18.7. The molecule has 5 N–H and O–H groups in total. The van der Waals surface area contributed by atoms with E-state index >= 15 is 0 Å². The molecule has 1 aliphatic heterocycles. The van der Waals surface area contributed by atoms with E-state index in [-0.39, 0.29) is 30.9 Å². The van der Waals surface area contributed by atoms with Crippen LogP contribution in [0, 0.1) is 0 Å². The Morgan fingerprint density at radius 1 is 1.05 bits per heavy atom. The van der Waals surface area contributed by atoms with Gasteiger partial charge in [-0.2, -0.15) is 0 Å². The number of anilines is 1. The summed E-state index contributed by atoms with van der Waals surface area (Å²) in [5, 5.41) is 4.56. The third kappa shape index (κ3) is 7.46. The Hall–Kier alpha value is -3.69. The predicted molar refractivity (Wildman–Crippen MR) is 155 cm³/mol. The van der Waals surface area contributed by atoms with Crippen molar-refractivity contribution in [3.63, 3.8) is 0 Å². The topological polar surface area (TPSA) is 126 Å². The lowest BCUT2D eigenvalue weighted by molar-refractivity contribution is -0.187. The number of hydrogen-bond acceptors (Lipinski definition) is 7. The van der Waals surface area contributed by atoms with Gasteiger partial charge in [0.2, 0.25) is 0 Å². The van der Waals surface area contributed by atoms with E-state index in [2.05, 4.69) is 29.3 Å². The van der Waals surface area contributed by atoms with E-state index in [1.165, 1.54) is 5.06 Å². The van der Waals surface area contributed by atoms with Gasteiger partial charge in [-0.05, 0) is 82.1 Å². The minimum Gasteiger partial charge on any atom is -0.399 e. The number of nitrogens with one attached hydrogen (secondary N) is 1. The Kier molecular flexibility index (Phi) is 9.37. The summed E-state index contributed by atoms with van der Waals surface area (Å²) in [6.45, 7) is 2.67. The van der Waals surface area contributed by atoms with Crippen molar-refractivity contribution in [2.24, 2.45) is 10.7 Å². The summed E-state index contributed by atoms with van der Waals surface area (Å²) >= 11 is 0. The fourth-order valence-corrected chi connectivity index (χ4v) is 5.03. The third-order valence-corrected chi connectivity index (χ3v) is 7.31. The second kappa shape index (κ2) is 12.9. The van der Waals surface area contributed by atoms with Crippen LogP contribution in [0.5, 0.6) is 0 Å². The molecule has 1 aliphatic carbocycles. The van der Waals surface area contributed by atoms with E-state index in [4.69, 9.17) is 16.3 Å². The van der Waals surface area contributed by atoms with Crippen molar-refractivity contribution < 1.29 is 14.4 Å². The van der Waals surface area contributed by atoms with Gasteiger partial charge in [0.25, 0.3) is 11.8 Å². The highest BCUT2D eigenvalue weighted by Gasteiger charge is 2.25. The normalized spacial score (nSPS) is 19.0. The van der Waals surface area contributed by atoms with E-state index < -0.39 is 0 Å². The van der Waals surface area contributed by atoms with Crippen LogP contribution in [0.25, 0.3) is 6.08 Å². The molecular weight excluding hydrogens is 492 g/mol. The molecule has 9 nitrogen and oxygen atoms in total. The van der Waals surface area contributed by atoms with Gasteiger partial charge < -0.3 is 21.7 Å². The molecule has 9 heteroatoms. The van der Waals surface area contributed by atoms with E-state index in [9.17, 15) is 9.59 Å². The average Bonchev–Trinajstić information content (AvgIpc) is 3.09. The number of fused-ring (bicyclic) bond motifs is 1. The Bertz CT molecular complexity index is 1230. The maximum absolute atomic E-state index is 13.5. The molecule has 39 heavy (non-hydrogen) atoms. The van der Waals surface area contributed by atoms with Crippen molar-refractivity contribution in [1.82, 2.24) is 15.3 Å². The molecule has 1 fully saturated rings. The smallest absolute Gasteiger partial charge is 0.273 e. The number of aliphatic imine (C=N–C) groups is 1. The monoisotopic (exact) mass is 532 g/mol. The second-order valence-corrected chi connectivity index (χ2v) is 10.6. The standard InChI is InChI=1S/C30H40N6O3/c1-4-15-36(39-19-20-5-9-24(31)10-6-20)30(38)23-16-21-7-8-22(17-27(21)34-28(32)18-23)29(37)33-25-11-13-26(14-12-25)35(2)3/h5-10,16-17,25-26H,4,11-15,18-19,31H2,1-3H3,(H2,32,34)(H,33,37). The molecule has 2 aromatic carbocycles. The fourth-order valence-electron chi connectivity index (χ4n) is 5.03. The van der Waals surface area contributed by atoms with Crippen molar-refractivity contribution in [1.29, 1.82) is 0 Å². The largest absolute Gasteiger partial charge is 0.399 e. The van der Waals surface area contributed by atoms with Gasteiger partial charge in [0.05, 0.1) is 5.69 Å². The highest BCUT2D eigenvalue weighted by Crippen LogP contribution is 2.29. The predicted octanol–water partition coefficient (Wildman–Crippen LogP) is 4.02. The molecule has 0 bridgehead atoms. The Labute approximate surface area is 230 Å². The van der Waals surface area contributed by atoms with Crippen molar-refractivity contribution in [2.75, 3.05) is 26.4 Å². The number of rotatable bonds is 9. The van der Waals surface area contributed by atoms with Gasteiger partial charge in [-0.3, -0.25) is 14.4 Å². The molecule has 2 amide bonds. The van der Waals surface area contributed by atoms with Gasteiger partial charge in [0, 0.05) is 47.4 Å². The molecule has 0 spiro atoms. The Morgan fingerprint density at radius 3 is 2.44 bits per heavy atom. The molecule has 0 aromatic heterocycles. The van der Waals surface area contributed by atoms with Crippen LogP contribution in [0.1, 0.15) is 66.9 Å². The second-order valence-electron chi connectivity index (χ2n) is 10.6. The third-order valence-electron chi connectivity index (χ3n) is 7.31. The van der Waals surface area contributed by atoms with Crippen molar-refractivity contribution in [3.8, 4) is 0 Å². The SMILES string of the molecule is CCCN(OCc1ccc(N)cc1)C(=O)C1=Cc2ccc(C(=O)NC3CCC(N(C)C)CC3)cc2N=C(N)C1. The number of nitrogens with zero attached hydrogens (tertiary/aromatic N) is 3. The molecule has 2 aromatic rings. The zero-order valence-electron chi connectivity index (χ0n) is 23.2. The summed E-state index contributed by atoms with van der Waals surface area (Å²) in [5.74, 6) is -0.0640. The first kappa shape index (κ1) is 28.3. The molecule has 0 unspecified atom stereocenters. The molecule has 4 rings (SSSR count). The van der Waals surface area contributed by atoms with Crippen LogP contribution in [-0.4, -0.2) is 60.3 Å². The minimum absolute atomic E-state index is 0.116. The van der Waals surface area contributed by atoms with E-state index in [1.54, 1.807) is 30.3 Å². The van der Waals surface area contributed by atoms with Crippen molar-refractivity contribution >= 4 is 35.1 Å². The number of amides is 2. The first-order valence-electron chi connectivity index (χ1n) is 13.7. The van der Waals surface area contributed by atoms with E-state index in [1.807, 2.05) is 25.1 Å². The molecule has 0 radical (unpaired) electrons. The number of hydroxylamine groups is 2. The van der Waals surface area contributed by atoms with Gasteiger partial charge in [-0.25, -0.2) is 10.1 Å². The van der Waals surface area contributed by atoms with Crippen LogP contribution in [0.3, 0.4) is 0 Å². The molecule has 208 valence electrons. The number of benzene rings is 2. The highest BCUT2D eigenvalue weighted by atomic mass is 16.7. The van der Waals surface area contributed by atoms with Gasteiger partial charge in [0.15, 0.2) is 0 Å². The average molecular weight is 533 g/mol. The van der Waals surface area contributed by atoms with E-state index in [0.717, 1.165) is 43.2 Å². The summed E-state index contributed by atoms with van der Waals surface area (Å²) in [5.41, 5.74) is 15.9. The molecular formula is C30H40N6O3. The van der Waals surface area contributed by atoms with E-state index in [0.29, 0.717) is 40.9 Å². The molecule has 0 saturated heterocycles. The quantitative estimate of drug-likeness (QED) is 0.331. The van der Waals surface area contributed by atoms with Crippen LogP contribution >= 0.6 is 0 Å². The number of hydrogen-bond donors (Lipinski definition) is 3. The number of carbonyl (C=O) groups is 2. The lowest BCUT2D eigenvalue weighted by Crippen LogP contribution is -2.41. The van der Waals surface area contributed by atoms with Crippen LogP contribution in [0.4, 0.5) is 11.4 Å². The molecule has 1 saturated carbocycles. The van der Waals surface area contributed by atoms with Crippen molar-refractivity contribution in [2.45, 2.75) is 64.1 Å². The number of nitrogens with two attached hydrogens (primary N) is 2. The minimum atomic E-state index is -0.256. The molecule has 0 atom stereocenters. The highest BCUT2D eigenvalue weighted by molar-refractivity contribution is 6.05. The zero-order chi connectivity index (χ0) is 27.9. The lowest BCUT2D eigenvalue weighted by atomic mass is 9.90. The summed E-state index contributed by atoms with van der Waals surface area (Å²) in [6, 6.07) is 13.4. The van der Waals surface area contributed by atoms with Crippen LogP contribution in [0.15, 0.2) is 53.0 Å². The number of carbonyl (C=O) groups excluding carboxylic acids is 2. The van der Waals surface area contributed by atoms with Gasteiger partial charge in [-0.1, -0.05) is 25.1 Å². The molecule has 1 heterocycles. The summed E-state index contributed by atoms with van der Waals surface area (Å²) < 4.78 is 0. The molecule has 2 aliphatic rings. The summed E-state index contributed by atoms with van der Waals surface area (Å²) in [4.78, 5) is 39.2. The van der Waals surface area contributed by atoms with Crippen LogP contribution < -0.4 is 16.8 Å². The van der Waals surface area contributed by atoms with Gasteiger partial charge in [-0.15, -0.1) is 0 Å². The zero-order valence-corrected chi connectivity index (χ0v) is 23.2. The van der Waals surface area contributed by atoms with Gasteiger partial charge in [0.1, 0.15) is 12.4 Å². The summed E-state index contributed by atoms with van der Waals surface area (Å²) in [6.07, 6.45) is 6.79. The maximum atomic E-state index is 13.5. The summed E-state index contributed by atoms with van der Waals surface area (Å²) in [7, 11) is 4.21. The van der Waals surface area contributed by atoms with Crippen molar-refractivity contribution in [3.05, 3.63) is 64.7 Å².